The first-order chi connectivity index (χ1) is 7.13. The number of alkyl halides is 1. The van der Waals surface area contributed by atoms with Gasteiger partial charge >= 0.3 is 0 Å². The molecule has 0 aliphatic heterocycles. The molecule has 1 unspecified atom stereocenters. The molecule has 1 aromatic carbocycles. The lowest BCUT2D eigenvalue weighted by Gasteiger charge is -2.09. The second kappa shape index (κ2) is 6.29. The number of hydrogen-bond acceptors (Lipinski definition) is 1. The van der Waals surface area contributed by atoms with Crippen molar-refractivity contribution in [2.24, 2.45) is 0 Å². The highest BCUT2D eigenvalue weighted by molar-refractivity contribution is 9.09. The van der Waals surface area contributed by atoms with E-state index in [1.54, 1.807) is 7.11 Å². The second-order valence-corrected chi connectivity index (χ2v) is 5.30. The molecule has 0 N–H and O–H groups in total. The highest BCUT2D eigenvalue weighted by Gasteiger charge is 2.04. The molecule has 0 aliphatic carbocycles. The van der Waals surface area contributed by atoms with Crippen LogP contribution in [0.15, 0.2) is 18.2 Å². The van der Waals surface area contributed by atoms with Crippen molar-refractivity contribution in [3.05, 3.63) is 34.9 Å². The number of aryl methyl sites for hydroxylation is 3. The molecule has 1 rings (SSSR count). The Morgan fingerprint density at radius 3 is 2.60 bits per heavy atom. The Morgan fingerprint density at radius 2 is 2.00 bits per heavy atom. The predicted octanol–water partition coefficient (Wildman–Crippen LogP) is 3.65. The van der Waals surface area contributed by atoms with Crippen molar-refractivity contribution >= 4 is 15.9 Å². The van der Waals surface area contributed by atoms with Gasteiger partial charge in [-0.1, -0.05) is 34.1 Å². The summed E-state index contributed by atoms with van der Waals surface area (Å²) in [7, 11) is 1.74. The van der Waals surface area contributed by atoms with Crippen LogP contribution in [0.5, 0.6) is 0 Å². The molecule has 84 valence electrons. The third kappa shape index (κ3) is 4.35. The van der Waals surface area contributed by atoms with E-state index in [4.69, 9.17) is 4.74 Å². The van der Waals surface area contributed by atoms with Crippen molar-refractivity contribution in [1.82, 2.24) is 0 Å². The minimum Gasteiger partial charge on any atom is -0.384 e. The Morgan fingerprint density at radius 1 is 1.27 bits per heavy atom. The molecule has 0 bridgehead atoms. The molecule has 0 saturated heterocycles. The summed E-state index contributed by atoms with van der Waals surface area (Å²) in [5, 5.41) is 0. The molecule has 0 aromatic heterocycles. The third-order valence-electron chi connectivity index (χ3n) is 2.67. The fourth-order valence-corrected chi connectivity index (χ4v) is 2.04. The van der Waals surface area contributed by atoms with Gasteiger partial charge in [-0.15, -0.1) is 0 Å². The highest BCUT2D eigenvalue weighted by atomic mass is 79.9. The Bertz CT molecular complexity index is 309. The largest absolute Gasteiger partial charge is 0.384 e. The summed E-state index contributed by atoms with van der Waals surface area (Å²) in [5.41, 5.74) is 4.16. The zero-order valence-electron chi connectivity index (χ0n) is 9.72. The maximum atomic E-state index is 5.09. The quantitative estimate of drug-likeness (QED) is 0.743. The van der Waals surface area contributed by atoms with Crippen LogP contribution < -0.4 is 0 Å². The molecule has 1 atom stereocenters. The van der Waals surface area contributed by atoms with Crippen LogP contribution in [0, 0.1) is 13.8 Å². The van der Waals surface area contributed by atoms with Gasteiger partial charge in [0.25, 0.3) is 0 Å². The van der Waals surface area contributed by atoms with Crippen molar-refractivity contribution in [3.8, 4) is 0 Å². The molecule has 1 aromatic rings. The summed E-state index contributed by atoms with van der Waals surface area (Å²) in [6.45, 7) is 5.10. The Balaban J connectivity index is 2.47. The molecule has 1 nitrogen and oxygen atoms in total. The van der Waals surface area contributed by atoms with Crippen LogP contribution in [0.25, 0.3) is 0 Å². The monoisotopic (exact) mass is 270 g/mol. The van der Waals surface area contributed by atoms with Gasteiger partial charge in [0.2, 0.25) is 0 Å². The van der Waals surface area contributed by atoms with Gasteiger partial charge < -0.3 is 4.74 Å². The molecule has 0 saturated carbocycles. The zero-order chi connectivity index (χ0) is 11.3. The molecule has 0 heterocycles. The molecule has 0 spiro atoms. The van der Waals surface area contributed by atoms with Crippen LogP contribution in [-0.2, 0) is 11.2 Å². The number of methoxy groups -OCH3 is 1. The smallest absolute Gasteiger partial charge is 0.0587 e. The molecule has 0 amide bonds. The Hall–Kier alpha value is -0.340. The third-order valence-corrected chi connectivity index (χ3v) is 3.39. The van der Waals surface area contributed by atoms with Gasteiger partial charge in [0.15, 0.2) is 0 Å². The Labute approximate surface area is 101 Å². The number of benzene rings is 1. The molecular formula is C13H19BrO. The lowest BCUT2D eigenvalue weighted by molar-refractivity contribution is 0.198. The minimum atomic E-state index is 0.462. The summed E-state index contributed by atoms with van der Waals surface area (Å²) >= 11 is 3.60. The summed E-state index contributed by atoms with van der Waals surface area (Å²) in [5.74, 6) is 0. The van der Waals surface area contributed by atoms with Crippen molar-refractivity contribution < 1.29 is 4.74 Å². The van der Waals surface area contributed by atoms with Gasteiger partial charge in [-0.05, 0) is 43.4 Å². The SMILES string of the molecule is COCC(Br)CCc1ccc(C)c(C)c1. The summed E-state index contributed by atoms with van der Waals surface area (Å²) in [4.78, 5) is 0.462. The number of rotatable bonds is 5. The fraction of sp³-hybridized carbons (Fsp3) is 0.538. The van der Waals surface area contributed by atoms with E-state index in [2.05, 4.69) is 48.0 Å². The maximum Gasteiger partial charge on any atom is 0.0587 e. The van der Waals surface area contributed by atoms with Crippen LogP contribution in [0.3, 0.4) is 0 Å². The van der Waals surface area contributed by atoms with Crippen LogP contribution in [0.4, 0.5) is 0 Å². The van der Waals surface area contributed by atoms with E-state index in [0.29, 0.717) is 4.83 Å². The molecule has 2 heteroatoms. The first-order valence-corrected chi connectivity index (χ1v) is 6.24. The average molecular weight is 271 g/mol. The van der Waals surface area contributed by atoms with Gasteiger partial charge in [0, 0.05) is 11.9 Å². The number of halogens is 1. The fourth-order valence-electron chi connectivity index (χ4n) is 1.55. The number of ether oxygens (including phenoxy) is 1. The van der Waals surface area contributed by atoms with Crippen LogP contribution in [0.2, 0.25) is 0 Å². The molecule has 0 fully saturated rings. The minimum absolute atomic E-state index is 0.462. The first kappa shape index (κ1) is 12.7. The lowest BCUT2D eigenvalue weighted by atomic mass is 10.0. The van der Waals surface area contributed by atoms with E-state index in [-0.39, 0.29) is 0 Å². The van der Waals surface area contributed by atoms with Crippen LogP contribution in [-0.4, -0.2) is 18.5 Å². The van der Waals surface area contributed by atoms with Crippen LogP contribution in [0.1, 0.15) is 23.1 Å². The lowest BCUT2D eigenvalue weighted by Crippen LogP contribution is -2.07. The Kier molecular flexibility index (Phi) is 5.34. The van der Waals surface area contributed by atoms with Crippen molar-refractivity contribution in [2.75, 3.05) is 13.7 Å². The first-order valence-electron chi connectivity index (χ1n) is 5.32. The summed E-state index contributed by atoms with van der Waals surface area (Å²) in [6, 6.07) is 6.70. The van der Waals surface area contributed by atoms with E-state index in [0.717, 1.165) is 19.4 Å². The van der Waals surface area contributed by atoms with Gasteiger partial charge in [0.1, 0.15) is 0 Å². The van der Waals surface area contributed by atoms with E-state index in [9.17, 15) is 0 Å². The van der Waals surface area contributed by atoms with Gasteiger partial charge in [-0.2, -0.15) is 0 Å². The second-order valence-electron chi connectivity index (χ2n) is 4.01. The van der Waals surface area contributed by atoms with E-state index in [1.807, 2.05) is 0 Å². The van der Waals surface area contributed by atoms with Gasteiger partial charge in [0.05, 0.1) is 6.61 Å². The molecule has 15 heavy (non-hydrogen) atoms. The molecule has 0 aliphatic rings. The van der Waals surface area contributed by atoms with Crippen molar-refractivity contribution in [3.63, 3.8) is 0 Å². The highest BCUT2D eigenvalue weighted by Crippen LogP contribution is 2.14. The summed E-state index contributed by atoms with van der Waals surface area (Å²) in [6.07, 6.45) is 2.23. The van der Waals surface area contributed by atoms with Crippen molar-refractivity contribution in [1.29, 1.82) is 0 Å². The van der Waals surface area contributed by atoms with Gasteiger partial charge in [-0.3, -0.25) is 0 Å². The molecule has 0 radical (unpaired) electrons. The van der Waals surface area contributed by atoms with Crippen LogP contribution >= 0.6 is 15.9 Å². The molecular weight excluding hydrogens is 252 g/mol. The topological polar surface area (TPSA) is 9.23 Å². The van der Waals surface area contributed by atoms with Gasteiger partial charge in [-0.25, -0.2) is 0 Å². The standard InChI is InChI=1S/C13H19BrO/c1-10-4-5-12(8-11(10)2)6-7-13(14)9-15-3/h4-5,8,13H,6-7,9H2,1-3H3. The average Bonchev–Trinajstić information content (AvgIpc) is 2.20. The maximum absolute atomic E-state index is 5.09. The van der Waals surface area contributed by atoms with E-state index >= 15 is 0 Å². The summed E-state index contributed by atoms with van der Waals surface area (Å²) < 4.78 is 5.09. The normalized spacial score (nSPS) is 12.8. The zero-order valence-corrected chi connectivity index (χ0v) is 11.3. The number of hydrogen-bond donors (Lipinski definition) is 0. The van der Waals surface area contributed by atoms with Crippen molar-refractivity contribution in [2.45, 2.75) is 31.5 Å². The van der Waals surface area contributed by atoms with E-state index in [1.165, 1.54) is 16.7 Å². The van der Waals surface area contributed by atoms with E-state index < -0.39 is 0 Å². The predicted molar refractivity (Wildman–Crippen MR) is 68.8 cm³/mol.